The van der Waals surface area contributed by atoms with E-state index in [1.54, 1.807) is 18.3 Å². The van der Waals surface area contributed by atoms with Crippen LogP contribution in [0.2, 0.25) is 10.0 Å². The Kier molecular flexibility index (Phi) is 5.96. The fourth-order valence-electron chi connectivity index (χ4n) is 1.98. The Morgan fingerprint density at radius 2 is 2.00 bits per heavy atom. The molecule has 0 aromatic heterocycles. The molecule has 0 aliphatic carbocycles. The number of carbonyl (C=O) groups is 1. The molecule has 1 saturated heterocycles. The molecule has 0 saturated carbocycles. The number of nitrogens with one attached hydrogen (secondary N) is 1. The second kappa shape index (κ2) is 8.38. The molecular formula is C17H13Cl2N3O2S. The normalized spacial score (nSPS) is 15.8. The molecule has 1 fully saturated rings. The Morgan fingerprint density at radius 1 is 1.20 bits per heavy atom. The fraction of sp³-hybridized carbons (Fsp3) is 0.118. The predicted molar refractivity (Wildman–Crippen MR) is 103 cm³/mol. The topological polar surface area (TPSA) is 63.0 Å². The van der Waals surface area contributed by atoms with Gasteiger partial charge >= 0.3 is 0 Å². The van der Waals surface area contributed by atoms with Gasteiger partial charge in [-0.05, 0) is 42.0 Å². The summed E-state index contributed by atoms with van der Waals surface area (Å²) in [4.78, 5) is 11.0. The van der Waals surface area contributed by atoms with Crippen molar-refractivity contribution in [1.82, 2.24) is 5.32 Å². The highest BCUT2D eigenvalue weighted by molar-refractivity contribution is 8.15. The first-order chi connectivity index (χ1) is 12.1. The van der Waals surface area contributed by atoms with Crippen molar-refractivity contribution in [3.63, 3.8) is 0 Å². The van der Waals surface area contributed by atoms with Crippen LogP contribution in [-0.2, 0) is 11.4 Å². The second-order valence-electron chi connectivity index (χ2n) is 5.08. The summed E-state index contributed by atoms with van der Waals surface area (Å²) in [5.74, 6) is 1.05. The van der Waals surface area contributed by atoms with Crippen LogP contribution in [0.15, 0.2) is 52.7 Å². The van der Waals surface area contributed by atoms with Gasteiger partial charge in [0, 0.05) is 15.6 Å². The fourth-order valence-corrected chi connectivity index (χ4v) is 3.07. The van der Waals surface area contributed by atoms with Crippen LogP contribution in [0.4, 0.5) is 0 Å². The second-order valence-corrected chi connectivity index (χ2v) is 6.89. The number of amides is 1. The molecule has 0 spiro atoms. The summed E-state index contributed by atoms with van der Waals surface area (Å²) >= 11 is 13.3. The predicted octanol–water partition coefficient (Wildman–Crippen LogP) is 4.13. The minimum Gasteiger partial charge on any atom is -0.489 e. The number of benzene rings is 2. The number of nitrogens with zero attached hydrogens (tertiary/aromatic N) is 2. The van der Waals surface area contributed by atoms with Crippen molar-refractivity contribution in [1.29, 1.82) is 0 Å². The maximum Gasteiger partial charge on any atom is 0.236 e. The maximum atomic E-state index is 11.0. The van der Waals surface area contributed by atoms with Gasteiger partial charge in [-0.25, -0.2) is 0 Å². The van der Waals surface area contributed by atoms with E-state index in [-0.39, 0.29) is 5.91 Å². The van der Waals surface area contributed by atoms with Gasteiger partial charge in [-0.15, -0.1) is 5.10 Å². The van der Waals surface area contributed by atoms with Crippen LogP contribution in [0.25, 0.3) is 0 Å². The summed E-state index contributed by atoms with van der Waals surface area (Å²) in [6.07, 6.45) is 1.61. The summed E-state index contributed by atoms with van der Waals surface area (Å²) in [5, 5.41) is 12.2. The molecule has 1 aliphatic rings. The first kappa shape index (κ1) is 17.8. The zero-order valence-corrected chi connectivity index (χ0v) is 15.2. The Hall–Kier alpha value is -2.02. The average Bonchev–Trinajstić information content (AvgIpc) is 3.01. The summed E-state index contributed by atoms with van der Waals surface area (Å²) in [6.45, 7) is 0.355. The number of ether oxygens (including phenoxy) is 1. The highest BCUT2D eigenvalue weighted by Gasteiger charge is 2.15. The Morgan fingerprint density at radius 3 is 2.68 bits per heavy atom. The molecule has 5 nitrogen and oxygen atoms in total. The number of thioether (sulfide) groups is 1. The average molecular weight is 394 g/mol. The van der Waals surface area contributed by atoms with Crippen molar-refractivity contribution in [2.75, 3.05) is 5.75 Å². The Balaban J connectivity index is 1.56. The van der Waals surface area contributed by atoms with Crippen molar-refractivity contribution < 1.29 is 9.53 Å². The number of rotatable bonds is 5. The minimum absolute atomic E-state index is 0.0544. The molecule has 1 aliphatic heterocycles. The minimum atomic E-state index is -0.0544. The van der Waals surface area contributed by atoms with Crippen molar-refractivity contribution in [2.45, 2.75) is 6.61 Å². The summed E-state index contributed by atoms with van der Waals surface area (Å²) < 4.78 is 5.71. The van der Waals surface area contributed by atoms with Gasteiger partial charge in [-0.2, -0.15) is 5.10 Å². The molecule has 0 unspecified atom stereocenters. The van der Waals surface area contributed by atoms with Gasteiger partial charge in [0.05, 0.1) is 12.0 Å². The molecule has 25 heavy (non-hydrogen) atoms. The van der Waals surface area contributed by atoms with Gasteiger partial charge in [-0.1, -0.05) is 41.0 Å². The molecule has 8 heteroatoms. The number of carbonyl (C=O) groups excluding carboxylic acids is 1. The molecule has 2 aromatic rings. The Bertz CT molecular complexity index is 838. The van der Waals surface area contributed by atoms with E-state index in [0.717, 1.165) is 11.1 Å². The van der Waals surface area contributed by atoms with Crippen LogP contribution in [0.5, 0.6) is 5.75 Å². The third-order valence-electron chi connectivity index (χ3n) is 3.23. The zero-order chi connectivity index (χ0) is 17.6. The van der Waals surface area contributed by atoms with E-state index in [2.05, 4.69) is 15.5 Å². The monoisotopic (exact) mass is 393 g/mol. The van der Waals surface area contributed by atoms with Crippen LogP contribution in [0.1, 0.15) is 11.1 Å². The molecule has 0 radical (unpaired) electrons. The molecule has 1 heterocycles. The molecule has 2 aromatic carbocycles. The van der Waals surface area contributed by atoms with E-state index < -0.39 is 0 Å². The highest BCUT2D eigenvalue weighted by atomic mass is 35.5. The van der Waals surface area contributed by atoms with Crippen LogP contribution >= 0.6 is 35.0 Å². The molecule has 0 atom stereocenters. The molecule has 128 valence electrons. The van der Waals surface area contributed by atoms with Crippen molar-refractivity contribution >= 4 is 52.3 Å². The lowest BCUT2D eigenvalue weighted by Crippen LogP contribution is -2.19. The van der Waals surface area contributed by atoms with Gasteiger partial charge in [0.15, 0.2) is 5.17 Å². The molecule has 0 bridgehead atoms. The van der Waals surface area contributed by atoms with E-state index in [1.807, 2.05) is 30.3 Å². The summed E-state index contributed by atoms with van der Waals surface area (Å²) in [6, 6.07) is 12.7. The maximum absolute atomic E-state index is 11.0. The van der Waals surface area contributed by atoms with Crippen LogP contribution in [-0.4, -0.2) is 23.0 Å². The van der Waals surface area contributed by atoms with Crippen molar-refractivity contribution in [3.05, 3.63) is 63.6 Å². The largest absolute Gasteiger partial charge is 0.489 e. The lowest BCUT2D eigenvalue weighted by atomic mass is 10.2. The molecule has 3 rings (SSSR count). The van der Waals surface area contributed by atoms with Gasteiger partial charge in [0.1, 0.15) is 12.4 Å². The van der Waals surface area contributed by atoms with Crippen LogP contribution in [0, 0.1) is 0 Å². The van der Waals surface area contributed by atoms with E-state index in [1.165, 1.54) is 11.8 Å². The van der Waals surface area contributed by atoms with Gasteiger partial charge < -0.3 is 10.1 Å². The van der Waals surface area contributed by atoms with Crippen molar-refractivity contribution in [3.8, 4) is 5.75 Å². The summed E-state index contributed by atoms with van der Waals surface area (Å²) in [7, 11) is 0. The summed E-state index contributed by atoms with van der Waals surface area (Å²) in [5.41, 5.74) is 1.74. The van der Waals surface area contributed by atoms with Crippen molar-refractivity contribution in [2.24, 2.45) is 10.2 Å². The third kappa shape index (κ3) is 5.22. The lowest BCUT2D eigenvalue weighted by Gasteiger charge is -2.08. The molecule has 1 amide bonds. The number of amidine groups is 1. The van der Waals surface area contributed by atoms with Gasteiger partial charge in [0.25, 0.3) is 0 Å². The Labute approximate surface area is 159 Å². The zero-order valence-electron chi connectivity index (χ0n) is 12.9. The lowest BCUT2D eigenvalue weighted by molar-refractivity contribution is -0.116. The van der Waals surface area contributed by atoms with E-state index in [0.29, 0.717) is 33.3 Å². The van der Waals surface area contributed by atoms with E-state index >= 15 is 0 Å². The standard InChI is InChI=1S/C17H13Cl2N3O2S/c18-13-4-3-12(15(19)7-13)9-24-14-5-1-11(2-6-14)8-20-22-17-21-16(23)10-25-17/h1-8H,9-10H2,(H,21,22,23). The van der Waals surface area contributed by atoms with Gasteiger partial charge in [-0.3, -0.25) is 4.79 Å². The first-order valence-electron chi connectivity index (χ1n) is 7.30. The molecule has 1 N–H and O–H groups in total. The van der Waals surface area contributed by atoms with E-state index in [4.69, 9.17) is 27.9 Å². The number of hydrogen-bond donors (Lipinski definition) is 1. The quantitative estimate of drug-likeness (QED) is 0.613. The van der Waals surface area contributed by atoms with E-state index in [9.17, 15) is 4.79 Å². The van der Waals surface area contributed by atoms with Crippen LogP contribution in [0.3, 0.4) is 0 Å². The van der Waals surface area contributed by atoms with Crippen LogP contribution < -0.4 is 10.1 Å². The first-order valence-corrected chi connectivity index (χ1v) is 9.05. The smallest absolute Gasteiger partial charge is 0.236 e. The number of hydrogen-bond acceptors (Lipinski definition) is 5. The van der Waals surface area contributed by atoms with Gasteiger partial charge in [0.2, 0.25) is 5.91 Å². The SMILES string of the molecule is O=C1CSC(=NN=Cc2ccc(OCc3ccc(Cl)cc3Cl)cc2)N1. The highest BCUT2D eigenvalue weighted by Crippen LogP contribution is 2.22. The number of halogens is 2. The molecular weight excluding hydrogens is 381 g/mol. The third-order valence-corrected chi connectivity index (χ3v) is 4.68.